The van der Waals surface area contributed by atoms with E-state index >= 15 is 0 Å². The molecule has 1 saturated carbocycles. The van der Waals surface area contributed by atoms with Gasteiger partial charge >= 0.3 is 0 Å². The van der Waals surface area contributed by atoms with E-state index in [9.17, 15) is 4.79 Å². The van der Waals surface area contributed by atoms with Gasteiger partial charge < -0.3 is 11.1 Å². The molecule has 118 valence electrons. The fourth-order valence-electron chi connectivity index (χ4n) is 3.22. The third-order valence-corrected chi connectivity index (χ3v) is 5.49. The van der Waals surface area contributed by atoms with Crippen LogP contribution < -0.4 is 11.1 Å². The van der Waals surface area contributed by atoms with Gasteiger partial charge in [-0.05, 0) is 44.9 Å². The zero-order chi connectivity index (χ0) is 13.9. The van der Waals surface area contributed by atoms with Crippen LogP contribution >= 0.6 is 23.7 Å². The van der Waals surface area contributed by atoms with Crippen molar-refractivity contribution in [3.8, 4) is 0 Å². The Morgan fingerprint density at radius 3 is 2.67 bits per heavy atom. The molecule has 0 spiro atoms. The number of nitrogens with two attached hydrogens (primary N) is 1. The summed E-state index contributed by atoms with van der Waals surface area (Å²) in [7, 11) is 0. The summed E-state index contributed by atoms with van der Waals surface area (Å²) in [5.41, 5.74) is 7.09. The summed E-state index contributed by atoms with van der Waals surface area (Å²) in [6, 6.07) is 0.197. The van der Waals surface area contributed by atoms with Gasteiger partial charge in [-0.1, -0.05) is 12.8 Å². The summed E-state index contributed by atoms with van der Waals surface area (Å²) in [6.07, 6.45) is 9.98. The van der Waals surface area contributed by atoms with E-state index < -0.39 is 0 Å². The molecular formula is C15H24ClN3OS. The number of amides is 1. The first-order valence-electron chi connectivity index (χ1n) is 7.77. The molecule has 1 aromatic rings. The number of thiazole rings is 1. The Morgan fingerprint density at radius 2 is 1.95 bits per heavy atom. The number of hydrogen-bond acceptors (Lipinski definition) is 4. The van der Waals surface area contributed by atoms with Gasteiger partial charge in [0.25, 0.3) is 0 Å². The van der Waals surface area contributed by atoms with E-state index in [1.807, 2.05) is 0 Å². The summed E-state index contributed by atoms with van der Waals surface area (Å²) < 4.78 is 0. The molecule has 6 heteroatoms. The molecule has 0 bridgehead atoms. The highest BCUT2D eigenvalue weighted by Crippen LogP contribution is 2.30. The molecule has 0 saturated heterocycles. The van der Waals surface area contributed by atoms with Crippen molar-refractivity contribution < 1.29 is 4.79 Å². The second-order valence-electron chi connectivity index (χ2n) is 6.06. The lowest BCUT2D eigenvalue weighted by Crippen LogP contribution is -2.23. The highest BCUT2D eigenvalue weighted by molar-refractivity contribution is 7.15. The molecule has 2 aliphatic carbocycles. The number of nitrogens with zero attached hydrogens (tertiary/aromatic N) is 1. The highest BCUT2D eigenvalue weighted by Gasteiger charge is 2.28. The van der Waals surface area contributed by atoms with Gasteiger partial charge in [0, 0.05) is 16.8 Å². The molecule has 3 N–H and O–H groups in total. The molecule has 4 nitrogen and oxygen atoms in total. The number of anilines is 1. The van der Waals surface area contributed by atoms with Gasteiger partial charge in [-0.2, -0.15) is 0 Å². The van der Waals surface area contributed by atoms with Gasteiger partial charge in [-0.15, -0.1) is 23.7 Å². The molecule has 0 radical (unpaired) electrons. The third-order valence-electron chi connectivity index (χ3n) is 4.42. The molecule has 2 aliphatic rings. The molecule has 1 amide bonds. The Labute approximate surface area is 136 Å². The number of halogens is 1. The Bertz CT molecular complexity index is 466. The molecule has 21 heavy (non-hydrogen) atoms. The molecule has 1 aromatic heterocycles. The minimum Gasteiger partial charge on any atom is -0.328 e. The maximum absolute atomic E-state index is 12.2. The van der Waals surface area contributed by atoms with E-state index in [4.69, 9.17) is 5.73 Å². The number of rotatable bonds is 2. The highest BCUT2D eigenvalue weighted by atomic mass is 35.5. The fraction of sp³-hybridized carbons (Fsp3) is 0.733. The van der Waals surface area contributed by atoms with Gasteiger partial charge in [0.05, 0.1) is 5.69 Å². The van der Waals surface area contributed by atoms with Gasteiger partial charge in [0.1, 0.15) is 0 Å². The van der Waals surface area contributed by atoms with Crippen LogP contribution in [0.3, 0.4) is 0 Å². The molecule has 2 atom stereocenters. The topological polar surface area (TPSA) is 68.0 Å². The summed E-state index contributed by atoms with van der Waals surface area (Å²) in [5, 5.41) is 3.81. The van der Waals surface area contributed by atoms with E-state index in [2.05, 4.69) is 10.3 Å². The maximum Gasteiger partial charge on any atom is 0.229 e. The zero-order valence-corrected chi connectivity index (χ0v) is 13.9. The molecular weight excluding hydrogens is 306 g/mol. The summed E-state index contributed by atoms with van der Waals surface area (Å²) >= 11 is 1.67. The standard InChI is InChI=1S/C15H23N3OS.ClH/c16-11-8-7-10(9-11)14(19)18-15-17-12-5-3-1-2-4-6-13(12)20-15;/h10-11H,1-9,16H2,(H,17,18,19);1H. The number of carbonyl (C=O) groups is 1. The van der Waals surface area contributed by atoms with Crippen LogP contribution in [-0.2, 0) is 17.6 Å². The van der Waals surface area contributed by atoms with Crippen molar-refractivity contribution in [2.24, 2.45) is 11.7 Å². The van der Waals surface area contributed by atoms with Gasteiger partial charge in [-0.3, -0.25) is 4.79 Å². The number of nitrogens with one attached hydrogen (secondary N) is 1. The number of aryl methyl sites for hydroxylation is 2. The Balaban J connectivity index is 0.00000161. The lowest BCUT2D eigenvalue weighted by atomic mass is 10.0. The van der Waals surface area contributed by atoms with Crippen LogP contribution in [0.5, 0.6) is 0 Å². The largest absolute Gasteiger partial charge is 0.328 e. The number of carbonyl (C=O) groups excluding carboxylic acids is 1. The van der Waals surface area contributed by atoms with E-state index in [0.29, 0.717) is 0 Å². The average molecular weight is 330 g/mol. The van der Waals surface area contributed by atoms with Gasteiger partial charge in [-0.25, -0.2) is 4.98 Å². The fourth-order valence-corrected chi connectivity index (χ4v) is 4.27. The number of fused-ring (bicyclic) bond motifs is 1. The average Bonchev–Trinajstić information content (AvgIpc) is 2.97. The van der Waals surface area contributed by atoms with Crippen molar-refractivity contribution >= 4 is 34.8 Å². The van der Waals surface area contributed by atoms with Crippen molar-refractivity contribution in [1.82, 2.24) is 4.98 Å². The smallest absolute Gasteiger partial charge is 0.229 e. The quantitative estimate of drug-likeness (QED) is 0.874. The molecule has 3 rings (SSSR count). The second kappa shape index (κ2) is 7.56. The van der Waals surface area contributed by atoms with Crippen LogP contribution in [0, 0.1) is 5.92 Å². The Kier molecular flexibility index (Phi) is 6.02. The normalized spacial score (nSPS) is 25.4. The van der Waals surface area contributed by atoms with Crippen LogP contribution in [0.15, 0.2) is 0 Å². The van der Waals surface area contributed by atoms with Crippen molar-refractivity contribution in [3.05, 3.63) is 10.6 Å². The second-order valence-corrected chi connectivity index (χ2v) is 7.15. The van der Waals surface area contributed by atoms with E-state index in [1.165, 1.54) is 36.3 Å². The summed E-state index contributed by atoms with van der Waals surface area (Å²) in [5.74, 6) is 0.191. The summed E-state index contributed by atoms with van der Waals surface area (Å²) in [6.45, 7) is 0. The van der Waals surface area contributed by atoms with Crippen LogP contribution in [-0.4, -0.2) is 16.9 Å². The molecule has 1 fully saturated rings. The van der Waals surface area contributed by atoms with E-state index in [0.717, 1.165) is 37.2 Å². The van der Waals surface area contributed by atoms with Crippen LogP contribution in [0.4, 0.5) is 5.13 Å². The van der Waals surface area contributed by atoms with E-state index in [1.54, 1.807) is 11.3 Å². The number of hydrogen-bond donors (Lipinski definition) is 2. The first-order valence-corrected chi connectivity index (χ1v) is 8.59. The van der Waals surface area contributed by atoms with Crippen molar-refractivity contribution in [1.29, 1.82) is 0 Å². The summed E-state index contributed by atoms with van der Waals surface area (Å²) in [4.78, 5) is 18.2. The maximum atomic E-state index is 12.2. The number of aromatic nitrogens is 1. The minimum absolute atomic E-state index is 0. The van der Waals surface area contributed by atoms with Crippen molar-refractivity contribution in [2.75, 3.05) is 5.32 Å². The van der Waals surface area contributed by atoms with Gasteiger partial charge in [0.15, 0.2) is 5.13 Å². The Morgan fingerprint density at radius 1 is 1.19 bits per heavy atom. The molecule has 0 aliphatic heterocycles. The SMILES string of the molecule is Cl.NC1CCC(C(=O)Nc2nc3c(s2)CCCCCC3)C1. The van der Waals surface area contributed by atoms with Crippen LogP contribution in [0.2, 0.25) is 0 Å². The first-order chi connectivity index (χ1) is 9.72. The first kappa shape index (κ1) is 16.7. The predicted molar refractivity (Wildman–Crippen MR) is 89.2 cm³/mol. The predicted octanol–water partition coefficient (Wildman–Crippen LogP) is 3.29. The monoisotopic (exact) mass is 329 g/mol. The van der Waals surface area contributed by atoms with Crippen molar-refractivity contribution in [2.45, 2.75) is 63.8 Å². The van der Waals surface area contributed by atoms with E-state index in [-0.39, 0.29) is 30.3 Å². The van der Waals surface area contributed by atoms with Crippen LogP contribution in [0.1, 0.15) is 55.5 Å². The molecule has 0 aromatic carbocycles. The minimum atomic E-state index is 0. The van der Waals surface area contributed by atoms with Crippen LogP contribution in [0.25, 0.3) is 0 Å². The Hall–Kier alpha value is -0.650. The lowest BCUT2D eigenvalue weighted by molar-refractivity contribution is -0.119. The molecule has 2 unspecified atom stereocenters. The molecule has 1 heterocycles. The van der Waals surface area contributed by atoms with Crippen molar-refractivity contribution in [3.63, 3.8) is 0 Å². The van der Waals surface area contributed by atoms with Gasteiger partial charge in [0.2, 0.25) is 5.91 Å². The lowest BCUT2D eigenvalue weighted by Gasteiger charge is -2.08. The third kappa shape index (κ3) is 4.18. The zero-order valence-electron chi connectivity index (χ0n) is 12.3.